The molecule has 2 heteroatoms. The Balaban J connectivity index is 1.90. The van der Waals surface area contributed by atoms with E-state index < -0.39 is 0 Å². The van der Waals surface area contributed by atoms with E-state index in [4.69, 9.17) is 0 Å². The predicted molar refractivity (Wildman–Crippen MR) is 143 cm³/mol. The summed E-state index contributed by atoms with van der Waals surface area (Å²) in [4.78, 5) is 2.82. The highest BCUT2D eigenvalue weighted by atomic mass is 32.2. The molecule has 0 bridgehead atoms. The fourth-order valence-electron chi connectivity index (χ4n) is 4.08. The van der Waals surface area contributed by atoms with Crippen molar-refractivity contribution < 1.29 is 0 Å². The van der Waals surface area contributed by atoms with Crippen LogP contribution in [0.15, 0.2) is 70.5 Å². The molecule has 0 spiro atoms. The number of thioether (sulfide) groups is 2. The van der Waals surface area contributed by atoms with Crippen LogP contribution >= 0.6 is 23.5 Å². The zero-order chi connectivity index (χ0) is 22.0. The van der Waals surface area contributed by atoms with E-state index in [9.17, 15) is 0 Å². The summed E-state index contributed by atoms with van der Waals surface area (Å²) in [5, 5.41) is 0. The molecule has 2 rings (SSSR count). The second-order valence-electron chi connectivity index (χ2n) is 8.78. The molecule has 0 amide bonds. The van der Waals surface area contributed by atoms with Gasteiger partial charge in [-0.05, 0) is 37.1 Å². The smallest absolute Gasteiger partial charge is 0.0705 e. The Labute approximate surface area is 201 Å². The average Bonchev–Trinajstić information content (AvgIpc) is 2.80. The van der Waals surface area contributed by atoms with Gasteiger partial charge in [-0.25, -0.2) is 0 Å². The SMILES string of the molecule is CCCCCCCCCCCCC(CCCC)(Sc1ccccc1)Sc1ccccc1. The van der Waals surface area contributed by atoms with Crippen LogP contribution in [0.5, 0.6) is 0 Å². The molecule has 0 aliphatic rings. The van der Waals surface area contributed by atoms with Crippen molar-refractivity contribution in [3.05, 3.63) is 60.7 Å². The average molecular weight is 457 g/mol. The van der Waals surface area contributed by atoms with Crippen molar-refractivity contribution in [3.8, 4) is 0 Å². The third-order valence-electron chi connectivity index (χ3n) is 5.92. The lowest BCUT2D eigenvalue weighted by atomic mass is 10.0. The minimum Gasteiger partial charge on any atom is -0.108 e. The predicted octanol–water partition coefficient (Wildman–Crippen LogP) is 10.8. The first kappa shape index (κ1) is 26.4. The summed E-state index contributed by atoms with van der Waals surface area (Å²) in [6.45, 7) is 4.62. The number of unbranched alkanes of at least 4 members (excludes halogenated alkanes) is 10. The van der Waals surface area contributed by atoms with E-state index in [1.165, 1.54) is 99.7 Å². The molecule has 0 aliphatic carbocycles. The van der Waals surface area contributed by atoms with Gasteiger partial charge in [0.2, 0.25) is 0 Å². The Morgan fingerprint density at radius 1 is 0.484 bits per heavy atom. The molecule has 0 nitrogen and oxygen atoms in total. The Hall–Kier alpha value is -0.860. The Morgan fingerprint density at radius 3 is 1.32 bits per heavy atom. The third kappa shape index (κ3) is 11.5. The molecular formula is C29H44S2. The van der Waals surface area contributed by atoms with Crippen LogP contribution in [0.4, 0.5) is 0 Å². The van der Waals surface area contributed by atoms with E-state index in [0.717, 1.165) is 0 Å². The minimum absolute atomic E-state index is 0.235. The molecule has 2 aromatic carbocycles. The van der Waals surface area contributed by atoms with Crippen molar-refractivity contribution in [2.24, 2.45) is 0 Å². The number of benzene rings is 2. The van der Waals surface area contributed by atoms with Crippen LogP contribution in [0.2, 0.25) is 0 Å². The zero-order valence-electron chi connectivity index (χ0n) is 20.0. The second-order valence-corrected chi connectivity index (χ2v) is 11.9. The Bertz CT molecular complexity index is 611. The van der Waals surface area contributed by atoms with E-state index in [-0.39, 0.29) is 4.08 Å². The third-order valence-corrected chi connectivity index (χ3v) is 8.99. The van der Waals surface area contributed by atoms with Crippen LogP contribution in [-0.2, 0) is 0 Å². The van der Waals surface area contributed by atoms with Crippen LogP contribution in [-0.4, -0.2) is 4.08 Å². The fraction of sp³-hybridized carbons (Fsp3) is 0.586. The molecule has 2 aromatic rings. The maximum atomic E-state index is 2.33. The number of hydrogen-bond acceptors (Lipinski definition) is 2. The van der Waals surface area contributed by atoms with Gasteiger partial charge in [-0.1, -0.05) is 127 Å². The lowest BCUT2D eigenvalue weighted by Crippen LogP contribution is -2.20. The summed E-state index contributed by atoms with van der Waals surface area (Å²) in [6.07, 6.45) is 19.2. The van der Waals surface area contributed by atoms with Gasteiger partial charge in [-0.2, -0.15) is 0 Å². The van der Waals surface area contributed by atoms with E-state index in [0.29, 0.717) is 0 Å². The van der Waals surface area contributed by atoms with Gasteiger partial charge in [0.1, 0.15) is 0 Å². The molecule has 0 aliphatic heterocycles. The van der Waals surface area contributed by atoms with Crippen LogP contribution in [0.1, 0.15) is 104 Å². The largest absolute Gasteiger partial charge is 0.108 e. The van der Waals surface area contributed by atoms with Gasteiger partial charge >= 0.3 is 0 Å². The maximum absolute atomic E-state index is 2.33. The van der Waals surface area contributed by atoms with Gasteiger partial charge in [0.05, 0.1) is 4.08 Å². The highest BCUT2D eigenvalue weighted by Crippen LogP contribution is 2.51. The number of rotatable bonds is 18. The minimum atomic E-state index is 0.235. The monoisotopic (exact) mass is 456 g/mol. The van der Waals surface area contributed by atoms with Gasteiger partial charge in [0.25, 0.3) is 0 Å². The Morgan fingerprint density at radius 2 is 0.871 bits per heavy atom. The van der Waals surface area contributed by atoms with E-state index >= 15 is 0 Å². The molecule has 0 atom stereocenters. The molecule has 0 saturated heterocycles. The van der Waals surface area contributed by atoms with Crippen LogP contribution in [0.25, 0.3) is 0 Å². The molecule has 0 unspecified atom stereocenters. The van der Waals surface area contributed by atoms with Gasteiger partial charge in [-0.15, -0.1) is 23.5 Å². The van der Waals surface area contributed by atoms with Crippen molar-refractivity contribution in [2.75, 3.05) is 0 Å². The molecular weight excluding hydrogens is 412 g/mol. The maximum Gasteiger partial charge on any atom is 0.0705 e. The second kappa shape index (κ2) is 16.7. The summed E-state index contributed by atoms with van der Waals surface area (Å²) in [5.41, 5.74) is 0. The number of hydrogen-bond donors (Lipinski definition) is 0. The van der Waals surface area contributed by atoms with Crippen molar-refractivity contribution in [3.63, 3.8) is 0 Å². The van der Waals surface area contributed by atoms with Gasteiger partial charge in [0, 0.05) is 9.79 Å². The normalized spacial score (nSPS) is 11.7. The highest BCUT2D eigenvalue weighted by Gasteiger charge is 2.31. The van der Waals surface area contributed by atoms with Crippen molar-refractivity contribution in [2.45, 2.75) is 118 Å². The van der Waals surface area contributed by atoms with Crippen LogP contribution in [0.3, 0.4) is 0 Å². The topological polar surface area (TPSA) is 0 Å². The summed E-state index contributed by atoms with van der Waals surface area (Å²) < 4.78 is 0.235. The molecule has 0 saturated carbocycles. The van der Waals surface area contributed by atoms with E-state index in [1.807, 2.05) is 0 Å². The van der Waals surface area contributed by atoms with Gasteiger partial charge in [-0.3, -0.25) is 0 Å². The first-order chi connectivity index (χ1) is 15.3. The fourth-order valence-corrected chi connectivity index (χ4v) is 7.26. The summed E-state index contributed by atoms with van der Waals surface area (Å²) in [6, 6.07) is 22.1. The lowest BCUT2D eigenvalue weighted by Gasteiger charge is -2.33. The molecule has 0 fully saturated rings. The van der Waals surface area contributed by atoms with Gasteiger partial charge in [0.15, 0.2) is 0 Å². The summed E-state index contributed by atoms with van der Waals surface area (Å²) >= 11 is 4.23. The quantitative estimate of drug-likeness (QED) is 0.124. The van der Waals surface area contributed by atoms with Crippen LogP contribution < -0.4 is 0 Å². The van der Waals surface area contributed by atoms with Gasteiger partial charge < -0.3 is 0 Å². The first-order valence-corrected chi connectivity index (χ1v) is 14.4. The molecule has 0 aromatic heterocycles. The van der Waals surface area contributed by atoms with Crippen LogP contribution in [0, 0.1) is 0 Å². The molecule has 172 valence electrons. The van der Waals surface area contributed by atoms with E-state index in [1.54, 1.807) is 0 Å². The molecule has 0 N–H and O–H groups in total. The Kier molecular flexibility index (Phi) is 14.2. The summed E-state index contributed by atoms with van der Waals surface area (Å²) in [5.74, 6) is 0. The molecule has 31 heavy (non-hydrogen) atoms. The summed E-state index contributed by atoms with van der Waals surface area (Å²) in [7, 11) is 0. The van der Waals surface area contributed by atoms with Crippen molar-refractivity contribution in [1.29, 1.82) is 0 Å². The van der Waals surface area contributed by atoms with E-state index in [2.05, 4.69) is 98.0 Å². The first-order valence-electron chi connectivity index (χ1n) is 12.8. The molecule has 0 radical (unpaired) electrons. The molecule has 0 heterocycles. The lowest BCUT2D eigenvalue weighted by molar-refractivity contribution is 0.528. The zero-order valence-corrected chi connectivity index (χ0v) is 21.6. The standard InChI is InChI=1S/C29H44S2/c1-3-5-7-8-9-10-11-12-13-20-26-29(25-6-4-2,30-27-21-16-14-17-22-27)31-28-23-18-15-19-24-28/h14-19,21-24H,3-13,20,25-26H2,1-2H3. The highest BCUT2D eigenvalue weighted by molar-refractivity contribution is 8.18. The van der Waals surface area contributed by atoms with Crippen molar-refractivity contribution in [1.82, 2.24) is 0 Å². The van der Waals surface area contributed by atoms with Crippen molar-refractivity contribution >= 4 is 23.5 Å².